The number of unbranched alkanes of at least 4 members (excludes halogenated alkanes) is 1. The van der Waals surface area contributed by atoms with Crippen LogP contribution in [0.1, 0.15) is 19.8 Å². The monoisotopic (exact) mass is 106 g/mol. The minimum absolute atomic E-state index is 0. The van der Waals surface area contributed by atoms with Gasteiger partial charge in [-0.2, -0.15) is 0 Å². The molecule has 0 spiro atoms. The van der Waals surface area contributed by atoms with E-state index >= 15 is 0 Å². The van der Waals surface area contributed by atoms with E-state index in [1.165, 1.54) is 0 Å². The van der Waals surface area contributed by atoms with E-state index in [0.717, 1.165) is 12.8 Å². The average Bonchev–Trinajstić information content (AvgIpc) is 1.61. The van der Waals surface area contributed by atoms with Crippen LogP contribution in [0.15, 0.2) is 0 Å². The second-order valence-electron chi connectivity index (χ2n) is 1.22. The normalized spacial score (nSPS) is 7.71. The lowest BCUT2D eigenvalue weighted by Crippen LogP contribution is -1.99. The van der Waals surface area contributed by atoms with Gasteiger partial charge < -0.3 is 11.0 Å². The van der Waals surface area contributed by atoms with Crippen LogP contribution in [0.2, 0.25) is 0 Å². The molecule has 0 fully saturated rings. The van der Waals surface area contributed by atoms with Crippen LogP contribution in [0.25, 0.3) is 0 Å². The molecule has 0 aromatic rings. The third-order valence-corrected chi connectivity index (χ3v) is 0.616. The molecule has 0 amide bonds. The van der Waals surface area contributed by atoms with Crippen molar-refractivity contribution in [1.29, 1.82) is 0 Å². The van der Waals surface area contributed by atoms with E-state index in [2.05, 4.69) is 11.8 Å². The van der Waals surface area contributed by atoms with Crippen molar-refractivity contribution < 1.29 is 4.84 Å². The SMILES string of the molecule is CCCCON.N. The van der Waals surface area contributed by atoms with Crippen molar-refractivity contribution in [3.05, 3.63) is 0 Å². The second-order valence-corrected chi connectivity index (χ2v) is 1.22. The third kappa shape index (κ3) is 10.7. The fourth-order valence-corrected chi connectivity index (χ4v) is 0.228. The van der Waals surface area contributed by atoms with Crippen molar-refractivity contribution in [2.75, 3.05) is 6.61 Å². The molecule has 0 atom stereocenters. The van der Waals surface area contributed by atoms with Gasteiger partial charge in [-0.3, -0.25) is 0 Å². The van der Waals surface area contributed by atoms with Crippen molar-refractivity contribution in [1.82, 2.24) is 6.15 Å². The predicted molar refractivity (Wildman–Crippen MR) is 30.1 cm³/mol. The average molecular weight is 106 g/mol. The summed E-state index contributed by atoms with van der Waals surface area (Å²) in [5.41, 5.74) is 0. The molecule has 0 heterocycles. The van der Waals surface area contributed by atoms with Crippen LogP contribution in [-0.4, -0.2) is 6.61 Å². The van der Waals surface area contributed by atoms with Crippen molar-refractivity contribution in [2.45, 2.75) is 19.8 Å². The van der Waals surface area contributed by atoms with E-state index in [4.69, 9.17) is 5.90 Å². The summed E-state index contributed by atoms with van der Waals surface area (Å²) in [5.74, 6) is 4.71. The van der Waals surface area contributed by atoms with Gasteiger partial charge in [0.2, 0.25) is 0 Å². The Labute approximate surface area is 44.4 Å². The Morgan fingerprint density at radius 2 is 2.14 bits per heavy atom. The molecule has 7 heavy (non-hydrogen) atoms. The summed E-state index contributed by atoms with van der Waals surface area (Å²) in [6, 6.07) is 0. The Balaban J connectivity index is 0. The minimum Gasteiger partial charge on any atom is -0.344 e. The summed E-state index contributed by atoms with van der Waals surface area (Å²) < 4.78 is 0. The molecule has 0 unspecified atom stereocenters. The van der Waals surface area contributed by atoms with E-state index < -0.39 is 0 Å². The van der Waals surface area contributed by atoms with Crippen molar-refractivity contribution in [3.63, 3.8) is 0 Å². The quantitative estimate of drug-likeness (QED) is 0.413. The standard InChI is InChI=1S/C4H11NO.H3N/c1-2-3-4-6-5;/h2-5H2,1H3;1H3. The second kappa shape index (κ2) is 9.30. The Morgan fingerprint density at radius 1 is 1.57 bits per heavy atom. The molecule has 0 saturated carbocycles. The van der Waals surface area contributed by atoms with E-state index in [-0.39, 0.29) is 6.15 Å². The van der Waals surface area contributed by atoms with Gasteiger partial charge in [0.1, 0.15) is 0 Å². The van der Waals surface area contributed by atoms with Gasteiger partial charge in [0.05, 0.1) is 6.61 Å². The lowest BCUT2D eigenvalue weighted by atomic mass is 10.4. The van der Waals surface area contributed by atoms with Gasteiger partial charge in [0.25, 0.3) is 0 Å². The lowest BCUT2D eigenvalue weighted by molar-refractivity contribution is 0.135. The summed E-state index contributed by atoms with van der Waals surface area (Å²) >= 11 is 0. The number of rotatable bonds is 3. The topological polar surface area (TPSA) is 70.2 Å². The van der Waals surface area contributed by atoms with E-state index in [1.807, 2.05) is 0 Å². The molecule has 3 heteroatoms. The van der Waals surface area contributed by atoms with Crippen LogP contribution in [0.4, 0.5) is 0 Å². The first-order chi connectivity index (χ1) is 2.91. The highest BCUT2D eigenvalue weighted by Crippen LogP contribution is 1.82. The summed E-state index contributed by atoms with van der Waals surface area (Å²) in [6.07, 6.45) is 2.22. The molecular formula is C4H14N2O. The highest BCUT2D eigenvalue weighted by molar-refractivity contribution is 4.25. The highest BCUT2D eigenvalue weighted by Gasteiger charge is 1.75. The fraction of sp³-hybridized carbons (Fsp3) is 1.00. The molecule has 0 radical (unpaired) electrons. The predicted octanol–water partition coefficient (Wildman–Crippen LogP) is 0.839. The largest absolute Gasteiger partial charge is 0.344 e. The zero-order valence-corrected chi connectivity index (χ0v) is 4.81. The molecule has 0 rings (SSSR count). The molecular weight excluding hydrogens is 92.1 g/mol. The Hall–Kier alpha value is -0.120. The van der Waals surface area contributed by atoms with Gasteiger partial charge in [-0.05, 0) is 6.42 Å². The van der Waals surface area contributed by atoms with Crippen LogP contribution in [0, 0.1) is 0 Å². The minimum atomic E-state index is 0. The van der Waals surface area contributed by atoms with Gasteiger partial charge in [-0.15, -0.1) is 0 Å². The van der Waals surface area contributed by atoms with Crippen LogP contribution in [0.5, 0.6) is 0 Å². The summed E-state index contributed by atoms with van der Waals surface area (Å²) in [4.78, 5) is 4.28. The zero-order chi connectivity index (χ0) is 4.83. The molecule has 0 aromatic heterocycles. The highest BCUT2D eigenvalue weighted by atomic mass is 16.6. The van der Waals surface area contributed by atoms with Crippen LogP contribution >= 0.6 is 0 Å². The summed E-state index contributed by atoms with van der Waals surface area (Å²) in [6.45, 7) is 2.79. The van der Waals surface area contributed by atoms with Gasteiger partial charge in [-0.1, -0.05) is 13.3 Å². The van der Waals surface area contributed by atoms with Crippen LogP contribution in [-0.2, 0) is 4.84 Å². The van der Waals surface area contributed by atoms with E-state index in [9.17, 15) is 0 Å². The Bertz CT molecular complexity index is 21.7. The Kier molecular flexibility index (Phi) is 13.3. The van der Waals surface area contributed by atoms with Gasteiger partial charge in [-0.25, -0.2) is 5.90 Å². The fourth-order valence-electron chi connectivity index (χ4n) is 0.228. The molecule has 0 aliphatic rings. The van der Waals surface area contributed by atoms with Crippen LogP contribution < -0.4 is 12.0 Å². The zero-order valence-electron chi connectivity index (χ0n) is 4.81. The maximum atomic E-state index is 4.71. The van der Waals surface area contributed by atoms with Crippen molar-refractivity contribution in [2.24, 2.45) is 5.90 Å². The first-order valence-electron chi connectivity index (χ1n) is 2.23. The lowest BCUT2D eigenvalue weighted by Gasteiger charge is -1.88. The first-order valence-corrected chi connectivity index (χ1v) is 2.23. The molecule has 0 aromatic carbocycles. The maximum Gasteiger partial charge on any atom is 0.0679 e. The maximum absolute atomic E-state index is 4.71. The smallest absolute Gasteiger partial charge is 0.0679 e. The van der Waals surface area contributed by atoms with Gasteiger partial charge >= 0.3 is 0 Å². The first kappa shape index (κ1) is 9.99. The molecule has 0 saturated heterocycles. The molecule has 5 N–H and O–H groups in total. The number of hydrogen-bond donors (Lipinski definition) is 2. The van der Waals surface area contributed by atoms with Crippen molar-refractivity contribution in [3.8, 4) is 0 Å². The molecule has 0 aliphatic heterocycles. The Morgan fingerprint density at radius 3 is 2.29 bits per heavy atom. The molecule has 0 aliphatic carbocycles. The van der Waals surface area contributed by atoms with E-state index in [0.29, 0.717) is 6.61 Å². The van der Waals surface area contributed by atoms with Gasteiger partial charge in [0.15, 0.2) is 0 Å². The molecule has 3 nitrogen and oxygen atoms in total. The summed E-state index contributed by atoms with van der Waals surface area (Å²) in [5, 5.41) is 0. The molecule has 46 valence electrons. The summed E-state index contributed by atoms with van der Waals surface area (Å²) in [7, 11) is 0. The number of hydrogen-bond acceptors (Lipinski definition) is 3. The van der Waals surface area contributed by atoms with Gasteiger partial charge in [0, 0.05) is 0 Å². The van der Waals surface area contributed by atoms with Crippen LogP contribution in [0.3, 0.4) is 0 Å². The number of nitrogens with two attached hydrogens (primary N) is 1. The van der Waals surface area contributed by atoms with E-state index in [1.54, 1.807) is 0 Å². The third-order valence-electron chi connectivity index (χ3n) is 0.616. The molecule has 0 bridgehead atoms. The van der Waals surface area contributed by atoms with Crippen molar-refractivity contribution >= 4 is 0 Å².